The Bertz CT molecular complexity index is 548. The van der Waals surface area contributed by atoms with Crippen molar-refractivity contribution in [2.45, 2.75) is 13.0 Å². The lowest BCUT2D eigenvalue weighted by atomic mass is 10.3. The minimum Gasteiger partial charge on any atom is -0.354 e. The number of carbonyl (C=O) groups excluding carboxylic acids is 1. The highest BCUT2D eigenvalue weighted by Gasteiger charge is 2.06. The first-order valence-electron chi connectivity index (χ1n) is 4.92. The molecular formula is C11H10N4O2. The number of amides is 1. The fourth-order valence-corrected chi connectivity index (χ4v) is 1.21. The first kappa shape index (κ1) is 12.5. The molecule has 1 aromatic heterocycles. The first-order chi connectivity index (χ1) is 8.19. The summed E-state index contributed by atoms with van der Waals surface area (Å²) in [5.74, 6) is -0.363. The summed E-state index contributed by atoms with van der Waals surface area (Å²) in [6.45, 7) is 0.0990. The van der Waals surface area contributed by atoms with E-state index >= 15 is 0 Å². The van der Waals surface area contributed by atoms with Crippen molar-refractivity contribution in [1.82, 2.24) is 9.88 Å². The van der Waals surface area contributed by atoms with Crippen molar-refractivity contribution in [2.24, 2.45) is 0 Å². The van der Waals surface area contributed by atoms with Crippen LogP contribution in [-0.4, -0.2) is 17.0 Å². The number of nitrogens with one attached hydrogen (secondary N) is 1. The highest BCUT2D eigenvalue weighted by atomic mass is 16.2. The summed E-state index contributed by atoms with van der Waals surface area (Å²) in [6, 6.07) is 6.57. The summed E-state index contributed by atoms with van der Waals surface area (Å²) in [7, 11) is 0. The molecular weight excluding hydrogens is 220 g/mol. The highest BCUT2D eigenvalue weighted by molar-refractivity contribution is 5.75. The molecule has 0 bridgehead atoms. The van der Waals surface area contributed by atoms with Gasteiger partial charge in [0.2, 0.25) is 5.91 Å². The second-order valence-corrected chi connectivity index (χ2v) is 3.22. The molecule has 0 aliphatic rings. The zero-order valence-corrected chi connectivity index (χ0v) is 9.01. The average Bonchev–Trinajstić information content (AvgIpc) is 2.32. The van der Waals surface area contributed by atoms with Gasteiger partial charge in [0.25, 0.3) is 5.56 Å². The standard InChI is InChI=1S/C11H10N4O2/c12-4-2-5-14-10(16)8-15-6-1-3-9(7-13)11(15)17/h1,3,6H,2,5,8H2,(H,14,16). The van der Waals surface area contributed by atoms with Gasteiger partial charge >= 0.3 is 0 Å². The van der Waals surface area contributed by atoms with Gasteiger partial charge in [-0.15, -0.1) is 0 Å². The molecule has 0 spiro atoms. The molecule has 6 nitrogen and oxygen atoms in total. The maximum Gasteiger partial charge on any atom is 0.268 e. The largest absolute Gasteiger partial charge is 0.354 e. The fraction of sp³-hybridized carbons (Fsp3) is 0.273. The van der Waals surface area contributed by atoms with Gasteiger partial charge < -0.3 is 9.88 Å². The number of hydrogen-bond acceptors (Lipinski definition) is 4. The molecule has 1 amide bonds. The Morgan fingerprint density at radius 1 is 1.47 bits per heavy atom. The van der Waals surface area contributed by atoms with Crippen LogP contribution in [0.25, 0.3) is 0 Å². The van der Waals surface area contributed by atoms with Crippen LogP contribution in [0.2, 0.25) is 0 Å². The van der Waals surface area contributed by atoms with E-state index in [1.54, 1.807) is 6.07 Å². The summed E-state index contributed by atoms with van der Waals surface area (Å²) in [5.41, 5.74) is -0.497. The van der Waals surface area contributed by atoms with Crippen molar-refractivity contribution in [3.05, 3.63) is 34.2 Å². The Morgan fingerprint density at radius 2 is 2.24 bits per heavy atom. The molecule has 1 N–H and O–H groups in total. The van der Waals surface area contributed by atoms with Crippen molar-refractivity contribution >= 4 is 5.91 Å². The van der Waals surface area contributed by atoms with Crippen molar-refractivity contribution in [1.29, 1.82) is 10.5 Å². The van der Waals surface area contributed by atoms with Crippen LogP contribution in [0, 0.1) is 22.7 Å². The molecule has 0 fully saturated rings. The molecule has 0 aliphatic carbocycles. The minimum atomic E-state index is -0.495. The van der Waals surface area contributed by atoms with Crippen molar-refractivity contribution in [3.8, 4) is 12.1 Å². The smallest absolute Gasteiger partial charge is 0.268 e. The van der Waals surface area contributed by atoms with E-state index in [1.807, 2.05) is 6.07 Å². The predicted octanol–water partition coefficient (Wildman–Crippen LogP) is -0.250. The number of pyridine rings is 1. The Kier molecular flexibility index (Phi) is 4.46. The molecule has 1 heterocycles. The Hall–Kier alpha value is -2.60. The Morgan fingerprint density at radius 3 is 2.88 bits per heavy atom. The number of carbonyl (C=O) groups is 1. The van der Waals surface area contributed by atoms with Crippen LogP contribution in [0.4, 0.5) is 0 Å². The third-order valence-corrected chi connectivity index (χ3v) is 2.01. The quantitative estimate of drug-likeness (QED) is 0.721. The molecule has 0 saturated heterocycles. The molecule has 0 unspecified atom stereocenters. The summed E-state index contributed by atoms with van der Waals surface area (Å²) in [6.07, 6.45) is 1.66. The number of nitrogens with zero attached hydrogens (tertiary/aromatic N) is 3. The fourth-order valence-electron chi connectivity index (χ4n) is 1.21. The average molecular weight is 230 g/mol. The van der Waals surface area contributed by atoms with Crippen LogP contribution >= 0.6 is 0 Å². The lowest BCUT2D eigenvalue weighted by Gasteiger charge is -2.05. The maximum atomic E-state index is 11.6. The molecule has 86 valence electrons. The summed E-state index contributed by atoms with van der Waals surface area (Å²) in [5, 5.41) is 19.4. The Balaban J connectivity index is 2.70. The maximum absolute atomic E-state index is 11.6. The van der Waals surface area contributed by atoms with Crippen LogP contribution in [0.3, 0.4) is 0 Å². The number of hydrogen-bond donors (Lipinski definition) is 1. The Labute approximate surface area is 97.7 Å². The molecule has 0 atom stereocenters. The van der Waals surface area contributed by atoms with E-state index in [2.05, 4.69) is 5.32 Å². The first-order valence-corrected chi connectivity index (χ1v) is 4.92. The van der Waals surface area contributed by atoms with Crippen LogP contribution in [0.15, 0.2) is 23.1 Å². The third kappa shape index (κ3) is 3.47. The van der Waals surface area contributed by atoms with E-state index in [0.717, 1.165) is 4.57 Å². The van der Waals surface area contributed by atoms with Gasteiger partial charge in [-0.05, 0) is 12.1 Å². The number of nitriles is 2. The zero-order valence-electron chi connectivity index (χ0n) is 9.01. The number of aromatic nitrogens is 1. The lowest BCUT2D eigenvalue weighted by Crippen LogP contribution is -2.33. The topological polar surface area (TPSA) is 98.7 Å². The van der Waals surface area contributed by atoms with E-state index < -0.39 is 5.56 Å². The van der Waals surface area contributed by atoms with E-state index in [1.165, 1.54) is 18.3 Å². The molecule has 0 aromatic carbocycles. The summed E-state index contributed by atoms with van der Waals surface area (Å²) in [4.78, 5) is 22.9. The van der Waals surface area contributed by atoms with E-state index in [4.69, 9.17) is 10.5 Å². The molecule has 0 aliphatic heterocycles. The normalized spacial score (nSPS) is 9.06. The molecule has 0 saturated carbocycles. The minimum absolute atomic E-state index is 0.00248. The predicted molar refractivity (Wildman–Crippen MR) is 58.7 cm³/mol. The zero-order chi connectivity index (χ0) is 12.7. The van der Waals surface area contributed by atoms with Crippen LogP contribution in [0.5, 0.6) is 0 Å². The van der Waals surface area contributed by atoms with E-state index in [9.17, 15) is 9.59 Å². The van der Waals surface area contributed by atoms with Crippen LogP contribution in [0.1, 0.15) is 12.0 Å². The number of rotatable bonds is 4. The SMILES string of the molecule is N#CCCNC(=O)Cn1cccc(C#N)c1=O. The van der Waals surface area contributed by atoms with E-state index in [0.29, 0.717) is 0 Å². The van der Waals surface area contributed by atoms with Gasteiger partial charge in [-0.1, -0.05) is 0 Å². The molecule has 0 radical (unpaired) electrons. The second-order valence-electron chi connectivity index (χ2n) is 3.22. The van der Waals surface area contributed by atoms with Crippen molar-refractivity contribution in [2.75, 3.05) is 6.54 Å². The summed E-state index contributed by atoms with van der Waals surface area (Å²) < 4.78 is 1.15. The van der Waals surface area contributed by atoms with E-state index in [-0.39, 0.29) is 31.0 Å². The monoisotopic (exact) mass is 230 g/mol. The third-order valence-electron chi connectivity index (χ3n) is 2.01. The van der Waals surface area contributed by atoms with Gasteiger partial charge in [0.15, 0.2) is 0 Å². The van der Waals surface area contributed by atoms with Crippen LogP contribution < -0.4 is 10.9 Å². The van der Waals surface area contributed by atoms with Gasteiger partial charge in [-0.2, -0.15) is 10.5 Å². The summed E-state index contributed by atoms with van der Waals surface area (Å²) >= 11 is 0. The van der Waals surface area contributed by atoms with Gasteiger partial charge in [-0.3, -0.25) is 9.59 Å². The molecule has 6 heteroatoms. The molecule has 1 aromatic rings. The lowest BCUT2D eigenvalue weighted by molar-refractivity contribution is -0.121. The molecule has 17 heavy (non-hydrogen) atoms. The highest BCUT2D eigenvalue weighted by Crippen LogP contribution is 1.89. The van der Waals surface area contributed by atoms with Gasteiger partial charge in [0.05, 0.1) is 12.5 Å². The van der Waals surface area contributed by atoms with Gasteiger partial charge in [-0.25, -0.2) is 0 Å². The van der Waals surface area contributed by atoms with Crippen molar-refractivity contribution in [3.63, 3.8) is 0 Å². The van der Waals surface area contributed by atoms with Crippen molar-refractivity contribution < 1.29 is 4.79 Å². The molecule has 1 rings (SSSR count). The van der Waals surface area contributed by atoms with Gasteiger partial charge in [0.1, 0.15) is 18.2 Å². The second kappa shape index (κ2) is 6.09. The van der Waals surface area contributed by atoms with Crippen LogP contribution in [-0.2, 0) is 11.3 Å². The van der Waals surface area contributed by atoms with Gasteiger partial charge in [0, 0.05) is 12.7 Å².